The van der Waals surface area contributed by atoms with Crippen molar-refractivity contribution in [3.63, 3.8) is 0 Å². The summed E-state index contributed by atoms with van der Waals surface area (Å²) in [6.07, 6.45) is 3.47. The van der Waals surface area contributed by atoms with Crippen LogP contribution in [0.3, 0.4) is 0 Å². The van der Waals surface area contributed by atoms with Gasteiger partial charge in [0.25, 0.3) is 0 Å². The number of halogens is 1. The molecule has 1 aromatic heterocycles. The fourth-order valence-electron chi connectivity index (χ4n) is 3.74. The molecule has 2 aromatic carbocycles. The van der Waals surface area contributed by atoms with Crippen LogP contribution in [0.5, 0.6) is 0 Å². The minimum atomic E-state index is 0.531. The van der Waals surface area contributed by atoms with E-state index in [1.165, 1.54) is 29.5 Å². The molecule has 5 rings (SSSR count). The Labute approximate surface area is 174 Å². The summed E-state index contributed by atoms with van der Waals surface area (Å²) in [7, 11) is 0. The van der Waals surface area contributed by atoms with Crippen LogP contribution in [0.15, 0.2) is 59.1 Å². The van der Waals surface area contributed by atoms with Crippen LogP contribution in [0.25, 0.3) is 0 Å². The van der Waals surface area contributed by atoms with Crippen molar-refractivity contribution in [1.29, 1.82) is 0 Å². The van der Waals surface area contributed by atoms with E-state index >= 15 is 0 Å². The Morgan fingerprint density at radius 3 is 2.68 bits per heavy atom. The van der Waals surface area contributed by atoms with Gasteiger partial charge in [0, 0.05) is 36.1 Å². The van der Waals surface area contributed by atoms with Crippen molar-refractivity contribution < 1.29 is 0 Å². The first-order valence-electron chi connectivity index (χ1n) is 9.93. The third kappa shape index (κ3) is 3.90. The lowest BCUT2D eigenvalue weighted by Gasteiger charge is -2.30. The van der Waals surface area contributed by atoms with Crippen LogP contribution in [-0.4, -0.2) is 16.5 Å². The van der Waals surface area contributed by atoms with E-state index in [0.29, 0.717) is 5.92 Å². The fraction of sp³-hybridized carbons (Fsp3) is 0.304. The zero-order valence-corrected chi connectivity index (χ0v) is 17.3. The average molecular weight is 435 g/mol. The lowest BCUT2D eigenvalue weighted by Crippen LogP contribution is -2.31. The molecule has 3 aromatic rings. The number of fused-ring (bicyclic) bond motifs is 1. The molecule has 0 bridgehead atoms. The second-order valence-corrected chi connectivity index (χ2v) is 8.58. The molecule has 1 fully saturated rings. The van der Waals surface area contributed by atoms with Crippen molar-refractivity contribution in [2.75, 3.05) is 16.8 Å². The molecule has 0 atom stereocenters. The predicted molar refractivity (Wildman–Crippen MR) is 117 cm³/mol. The van der Waals surface area contributed by atoms with E-state index in [4.69, 9.17) is 9.97 Å². The Hall–Kier alpha value is -2.40. The number of nitrogens with zero attached hydrogens (tertiary/aromatic N) is 3. The van der Waals surface area contributed by atoms with E-state index in [0.717, 1.165) is 48.0 Å². The van der Waals surface area contributed by atoms with Crippen molar-refractivity contribution in [3.05, 3.63) is 81.6 Å². The topological polar surface area (TPSA) is 41.0 Å². The number of rotatable bonds is 5. The highest BCUT2D eigenvalue weighted by Gasteiger charge is 2.28. The van der Waals surface area contributed by atoms with Gasteiger partial charge in [-0.2, -0.15) is 0 Å². The van der Waals surface area contributed by atoms with Gasteiger partial charge in [-0.3, -0.25) is 0 Å². The molecule has 0 saturated heterocycles. The summed E-state index contributed by atoms with van der Waals surface area (Å²) in [5.74, 6) is 3.49. The van der Waals surface area contributed by atoms with Gasteiger partial charge in [0.15, 0.2) is 0 Å². The molecule has 1 aliphatic carbocycles. The lowest BCUT2D eigenvalue weighted by molar-refractivity contribution is 0.713. The molecule has 2 heterocycles. The Balaban J connectivity index is 1.40. The zero-order chi connectivity index (χ0) is 18.9. The standard InChI is InChI=1S/C23H23BrN4/c24-20-9-8-17-10-11-28(15-19(17)12-20)22-13-21(26-23(27-22)18-6-7-18)25-14-16-4-2-1-3-5-16/h1-5,8-9,12-13,18H,6-7,10-11,14-15H2,(H,25,26,27). The number of hydrogen-bond donors (Lipinski definition) is 1. The monoisotopic (exact) mass is 434 g/mol. The maximum atomic E-state index is 4.93. The summed E-state index contributed by atoms with van der Waals surface area (Å²) in [6, 6.07) is 19.2. The molecule has 0 radical (unpaired) electrons. The molecular weight excluding hydrogens is 412 g/mol. The van der Waals surface area contributed by atoms with Crippen LogP contribution < -0.4 is 10.2 Å². The maximum Gasteiger partial charge on any atom is 0.136 e. The number of aromatic nitrogens is 2. The van der Waals surface area contributed by atoms with E-state index in [1.54, 1.807) is 0 Å². The Kier molecular flexibility index (Phi) is 4.77. The summed E-state index contributed by atoms with van der Waals surface area (Å²) in [4.78, 5) is 12.1. The Morgan fingerprint density at radius 2 is 1.86 bits per heavy atom. The van der Waals surface area contributed by atoms with Gasteiger partial charge in [-0.15, -0.1) is 0 Å². The van der Waals surface area contributed by atoms with Crippen molar-refractivity contribution in [3.8, 4) is 0 Å². The maximum absolute atomic E-state index is 4.93. The smallest absolute Gasteiger partial charge is 0.136 e. The van der Waals surface area contributed by atoms with Gasteiger partial charge in [0.2, 0.25) is 0 Å². The third-order valence-corrected chi connectivity index (χ3v) is 5.99. The van der Waals surface area contributed by atoms with Gasteiger partial charge >= 0.3 is 0 Å². The minimum Gasteiger partial charge on any atom is -0.366 e. The van der Waals surface area contributed by atoms with Gasteiger partial charge in [0.1, 0.15) is 17.5 Å². The molecule has 2 aliphatic rings. The second kappa shape index (κ2) is 7.55. The average Bonchev–Trinajstić information content (AvgIpc) is 3.58. The highest BCUT2D eigenvalue weighted by atomic mass is 79.9. The molecule has 1 aliphatic heterocycles. The van der Waals surface area contributed by atoms with Gasteiger partial charge < -0.3 is 10.2 Å². The number of nitrogens with one attached hydrogen (secondary N) is 1. The van der Waals surface area contributed by atoms with Gasteiger partial charge in [0.05, 0.1) is 0 Å². The van der Waals surface area contributed by atoms with Crippen molar-refractivity contribution in [2.45, 2.75) is 38.3 Å². The van der Waals surface area contributed by atoms with E-state index in [-0.39, 0.29) is 0 Å². The Morgan fingerprint density at radius 1 is 1.00 bits per heavy atom. The van der Waals surface area contributed by atoms with E-state index in [1.807, 2.05) is 6.07 Å². The molecular formula is C23H23BrN4. The first-order valence-corrected chi connectivity index (χ1v) is 10.7. The van der Waals surface area contributed by atoms with E-state index in [2.05, 4.69) is 74.7 Å². The molecule has 0 amide bonds. The normalized spacial score (nSPS) is 16.0. The minimum absolute atomic E-state index is 0.531. The predicted octanol–water partition coefficient (Wildman–Crippen LogP) is 5.29. The van der Waals surface area contributed by atoms with Crippen molar-refractivity contribution >= 4 is 27.6 Å². The zero-order valence-electron chi connectivity index (χ0n) is 15.7. The van der Waals surface area contributed by atoms with E-state index < -0.39 is 0 Å². The summed E-state index contributed by atoms with van der Waals surface area (Å²) in [5, 5.41) is 3.51. The quantitative estimate of drug-likeness (QED) is 0.591. The largest absolute Gasteiger partial charge is 0.366 e. The summed E-state index contributed by atoms with van der Waals surface area (Å²) < 4.78 is 1.14. The van der Waals surface area contributed by atoms with Crippen LogP contribution >= 0.6 is 15.9 Å². The van der Waals surface area contributed by atoms with Gasteiger partial charge in [-0.25, -0.2) is 9.97 Å². The molecule has 142 valence electrons. The molecule has 4 nitrogen and oxygen atoms in total. The highest BCUT2D eigenvalue weighted by Crippen LogP contribution is 2.39. The molecule has 28 heavy (non-hydrogen) atoms. The first kappa shape index (κ1) is 17.7. The van der Waals surface area contributed by atoms with Crippen LogP contribution in [0.1, 0.15) is 41.3 Å². The fourth-order valence-corrected chi connectivity index (χ4v) is 4.15. The highest BCUT2D eigenvalue weighted by molar-refractivity contribution is 9.10. The van der Waals surface area contributed by atoms with Crippen LogP contribution in [0.4, 0.5) is 11.6 Å². The molecule has 0 spiro atoms. The lowest BCUT2D eigenvalue weighted by atomic mass is 10.00. The molecule has 0 unspecified atom stereocenters. The molecule has 1 N–H and O–H groups in total. The molecule has 5 heteroatoms. The summed E-state index contributed by atoms with van der Waals surface area (Å²) in [6.45, 7) is 2.67. The third-order valence-electron chi connectivity index (χ3n) is 5.49. The SMILES string of the molecule is Brc1ccc2c(c1)CN(c1cc(NCc3ccccc3)nc(C3CC3)n1)CC2. The van der Waals surface area contributed by atoms with Gasteiger partial charge in [-0.1, -0.05) is 52.3 Å². The number of benzene rings is 2. The van der Waals surface area contributed by atoms with Crippen LogP contribution in [0, 0.1) is 0 Å². The second-order valence-electron chi connectivity index (χ2n) is 7.67. The Bertz CT molecular complexity index is 985. The van der Waals surface area contributed by atoms with E-state index in [9.17, 15) is 0 Å². The van der Waals surface area contributed by atoms with Gasteiger partial charge in [-0.05, 0) is 48.1 Å². The number of anilines is 2. The molecule has 1 saturated carbocycles. The van der Waals surface area contributed by atoms with Crippen LogP contribution in [0.2, 0.25) is 0 Å². The van der Waals surface area contributed by atoms with Crippen LogP contribution in [-0.2, 0) is 19.5 Å². The number of hydrogen-bond acceptors (Lipinski definition) is 4. The summed E-state index contributed by atoms with van der Waals surface area (Å²) >= 11 is 3.61. The first-order chi connectivity index (χ1) is 13.7. The van der Waals surface area contributed by atoms with Crippen molar-refractivity contribution in [1.82, 2.24) is 9.97 Å². The summed E-state index contributed by atoms with van der Waals surface area (Å²) in [5.41, 5.74) is 4.08. The van der Waals surface area contributed by atoms with Crippen molar-refractivity contribution in [2.24, 2.45) is 0 Å².